The van der Waals surface area contributed by atoms with Crippen LogP contribution in [-0.2, 0) is 0 Å². The van der Waals surface area contributed by atoms with Gasteiger partial charge in [-0.15, -0.1) is 0 Å². The Morgan fingerprint density at radius 3 is 2.17 bits per heavy atom. The van der Waals surface area contributed by atoms with Gasteiger partial charge in [0, 0.05) is 5.70 Å². The number of hydrogen-bond acceptors (Lipinski definition) is 2. The minimum Gasteiger partial charge on any atom is -0.398 e. The summed E-state index contributed by atoms with van der Waals surface area (Å²) in [7, 11) is 0. The minimum atomic E-state index is 0.413. The number of aryl methyl sites for hydroxylation is 1. The van der Waals surface area contributed by atoms with Crippen molar-refractivity contribution >= 4 is 11.4 Å². The molecule has 3 rings (SSSR count). The van der Waals surface area contributed by atoms with E-state index in [1.165, 1.54) is 11.1 Å². The Balaban J connectivity index is 1.82. The molecule has 0 radical (unpaired) electrons. The highest BCUT2D eigenvalue weighted by Crippen LogP contribution is 2.22. The highest BCUT2D eigenvalue weighted by atomic mass is 14.6. The van der Waals surface area contributed by atoms with Gasteiger partial charge in [-0.3, -0.25) is 0 Å². The zero-order valence-corrected chi connectivity index (χ0v) is 13.7. The molecular formula is C22H20N2. The van der Waals surface area contributed by atoms with Crippen LogP contribution in [0.25, 0.3) is 16.8 Å². The van der Waals surface area contributed by atoms with Crippen LogP contribution in [0.2, 0.25) is 0 Å². The Labute approximate surface area is 142 Å². The predicted molar refractivity (Wildman–Crippen MR) is 102 cm³/mol. The third-order valence-electron chi connectivity index (χ3n) is 3.95. The molecule has 0 spiro atoms. The van der Waals surface area contributed by atoms with E-state index >= 15 is 0 Å². The Morgan fingerprint density at radius 1 is 0.792 bits per heavy atom. The van der Waals surface area contributed by atoms with Crippen molar-refractivity contribution in [3.05, 3.63) is 102 Å². The predicted octanol–water partition coefficient (Wildman–Crippen LogP) is 5.03. The highest BCUT2D eigenvalue weighted by Gasteiger charge is 2.03. The topological polar surface area (TPSA) is 49.9 Å². The van der Waals surface area contributed by atoms with Crippen LogP contribution < -0.4 is 5.73 Å². The standard InChI is InChI=1S/C22H20N2/c1-16-6-5-9-20(14-16)17-10-12-19(13-11-17)22(24)15-21(23)18-7-3-2-4-8-18/h2-15,23H,24H2,1H3/b22-15-,23-21?. The van der Waals surface area contributed by atoms with E-state index in [0.29, 0.717) is 11.4 Å². The van der Waals surface area contributed by atoms with Crippen LogP contribution in [-0.4, -0.2) is 5.71 Å². The average molecular weight is 312 g/mol. The number of benzene rings is 3. The molecule has 24 heavy (non-hydrogen) atoms. The van der Waals surface area contributed by atoms with Gasteiger partial charge in [0.05, 0.1) is 5.71 Å². The molecule has 118 valence electrons. The number of hydrogen-bond donors (Lipinski definition) is 2. The van der Waals surface area contributed by atoms with Crippen molar-refractivity contribution < 1.29 is 0 Å². The highest BCUT2D eigenvalue weighted by molar-refractivity contribution is 6.10. The van der Waals surface area contributed by atoms with Crippen molar-refractivity contribution in [1.29, 1.82) is 5.41 Å². The van der Waals surface area contributed by atoms with Gasteiger partial charge in [-0.2, -0.15) is 0 Å². The Bertz CT molecular complexity index is 875. The third kappa shape index (κ3) is 3.61. The summed E-state index contributed by atoms with van der Waals surface area (Å²) in [5.74, 6) is 0. The lowest BCUT2D eigenvalue weighted by Gasteiger charge is -2.07. The molecule has 0 aliphatic heterocycles. The molecule has 2 nitrogen and oxygen atoms in total. The first-order valence-corrected chi connectivity index (χ1v) is 7.92. The molecule has 0 fully saturated rings. The quantitative estimate of drug-likeness (QED) is 0.652. The second kappa shape index (κ2) is 6.97. The fraction of sp³-hybridized carbons (Fsp3) is 0.0455. The number of nitrogens with two attached hydrogens (primary N) is 1. The Hall–Kier alpha value is -3.13. The van der Waals surface area contributed by atoms with Crippen LogP contribution in [0.4, 0.5) is 0 Å². The molecule has 3 N–H and O–H groups in total. The van der Waals surface area contributed by atoms with Gasteiger partial charge >= 0.3 is 0 Å². The molecule has 0 aromatic heterocycles. The molecule has 0 atom stereocenters. The summed E-state index contributed by atoms with van der Waals surface area (Å²) < 4.78 is 0. The number of allylic oxidation sites excluding steroid dienone is 1. The number of rotatable bonds is 4. The van der Waals surface area contributed by atoms with Crippen LogP contribution in [0.15, 0.2) is 84.9 Å². The molecular weight excluding hydrogens is 292 g/mol. The zero-order valence-electron chi connectivity index (χ0n) is 13.7. The summed E-state index contributed by atoms with van der Waals surface area (Å²) in [5.41, 5.74) is 12.6. The van der Waals surface area contributed by atoms with Gasteiger partial charge in [-0.05, 0) is 35.3 Å². The third-order valence-corrected chi connectivity index (χ3v) is 3.95. The first-order valence-electron chi connectivity index (χ1n) is 7.92. The van der Waals surface area contributed by atoms with Gasteiger partial charge in [0.15, 0.2) is 0 Å². The summed E-state index contributed by atoms with van der Waals surface area (Å²) in [6.07, 6.45) is 1.71. The lowest BCUT2D eigenvalue weighted by atomic mass is 10.0. The van der Waals surface area contributed by atoms with Gasteiger partial charge in [-0.1, -0.05) is 84.4 Å². The van der Waals surface area contributed by atoms with Gasteiger partial charge in [0.2, 0.25) is 0 Å². The molecule has 0 saturated carbocycles. The lowest BCUT2D eigenvalue weighted by Crippen LogP contribution is -2.02. The maximum atomic E-state index is 8.15. The molecule has 0 amide bonds. The van der Waals surface area contributed by atoms with Crippen molar-refractivity contribution in [1.82, 2.24) is 0 Å². The lowest BCUT2D eigenvalue weighted by molar-refractivity contribution is 1.45. The van der Waals surface area contributed by atoms with E-state index in [2.05, 4.69) is 43.3 Å². The van der Waals surface area contributed by atoms with E-state index in [9.17, 15) is 0 Å². The smallest absolute Gasteiger partial charge is 0.0632 e. The average Bonchev–Trinajstić information content (AvgIpc) is 2.62. The van der Waals surface area contributed by atoms with Crippen molar-refractivity contribution in [3.8, 4) is 11.1 Å². The fourth-order valence-electron chi connectivity index (χ4n) is 2.62. The van der Waals surface area contributed by atoms with Gasteiger partial charge in [0.25, 0.3) is 0 Å². The molecule has 0 bridgehead atoms. The maximum Gasteiger partial charge on any atom is 0.0632 e. The van der Waals surface area contributed by atoms with E-state index in [0.717, 1.165) is 16.7 Å². The summed E-state index contributed by atoms with van der Waals surface area (Å²) in [4.78, 5) is 0. The summed E-state index contributed by atoms with van der Waals surface area (Å²) in [5, 5.41) is 8.15. The molecule has 0 aliphatic carbocycles. The second-order valence-electron chi connectivity index (χ2n) is 5.83. The monoisotopic (exact) mass is 312 g/mol. The molecule has 3 aromatic rings. The van der Waals surface area contributed by atoms with E-state index in [4.69, 9.17) is 11.1 Å². The van der Waals surface area contributed by atoms with E-state index < -0.39 is 0 Å². The van der Waals surface area contributed by atoms with Crippen LogP contribution in [0.3, 0.4) is 0 Å². The van der Waals surface area contributed by atoms with Crippen molar-refractivity contribution in [2.75, 3.05) is 0 Å². The largest absolute Gasteiger partial charge is 0.398 e. The molecule has 0 saturated heterocycles. The molecule has 0 aliphatic rings. The summed E-state index contributed by atoms with van der Waals surface area (Å²) in [6, 6.07) is 26.2. The van der Waals surface area contributed by atoms with Crippen LogP contribution in [0.1, 0.15) is 16.7 Å². The molecule has 0 unspecified atom stereocenters. The maximum absolute atomic E-state index is 8.15. The SMILES string of the molecule is Cc1cccc(-c2ccc(/C(N)=C/C(=N)c3ccccc3)cc2)c1. The van der Waals surface area contributed by atoms with Crippen LogP contribution >= 0.6 is 0 Å². The van der Waals surface area contributed by atoms with Crippen LogP contribution in [0.5, 0.6) is 0 Å². The van der Waals surface area contributed by atoms with Crippen molar-refractivity contribution in [2.24, 2.45) is 5.73 Å². The Kier molecular flexibility index (Phi) is 4.57. The fourth-order valence-corrected chi connectivity index (χ4v) is 2.62. The van der Waals surface area contributed by atoms with Crippen molar-refractivity contribution in [2.45, 2.75) is 6.92 Å². The zero-order chi connectivity index (χ0) is 16.9. The second-order valence-corrected chi connectivity index (χ2v) is 5.83. The van der Waals surface area contributed by atoms with Gasteiger partial charge in [0.1, 0.15) is 0 Å². The van der Waals surface area contributed by atoms with E-state index in [1.54, 1.807) is 6.08 Å². The van der Waals surface area contributed by atoms with Crippen LogP contribution in [0, 0.1) is 12.3 Å². The molecule has 2 heteroatoms. The summed E-state index contributed by atoms with van der Waals surface area (Å²) in [6.45, 7) is 2.09. The molecule has 3 aromatic carbocycles. The van der Waals surface area contributed by atoms with Gasteiger partial charge < -0.3 is 11.1 Å². The van der Waals surface area contributed by atoms with E-state index in [1.807, 2.05) is 42.5 Å². The first-order chi connectivity index (χ1) is 11.6. The van der Waals surface area contributed by atoms with Crippen molar-refractivity contribution in [3.63, 3.8) is 0 Å². The Morgan fingerprint density at radius 2 is 1.50 bits per heavy atom. The van der Waals surface area contributed by atoms with Gasteiger partial charge in [-0.25, -0.2) is 0 Å². The number of nitrogens with one attached hydrogen (secondary N) is 1. The summed E-state index contributed by atoms with van der Waals surface area (Å²) >= 11 is 0. The normalized spacial score (nSPS) is 11.3. The minimum absolute atomic E-state index is 0.413. The first kappa shape index (κ1) is 15.8. The molecule has 0 heterocycles. The van der Waals surface area contributed by atoms with E-state index in [-0.39, 0.29) is 0 Å².